The van der Waals surface area contributed by atoms with Gasteiger partial charge in [-0.3, -0.25) is 19.2 Å². The Kier molecular flexibility index (Phi) is 4.83. The van der Waals surface area contributed by atoms with E-state index in [0.29, 0.717) is 18.5 Å². The van der Waals surface area contributed by atoms with Crippen LogP contribution in [0.15, 0.2) is 47.8 Å². The maximum Gasteiger partial charge on any atom is 0.265 e. The molecule has 2 aromatic rings. The summed E-state index contributed by atoms with van der Waals surface area (Å²) in [6.45, 7) is 1.27. The molecule has 5 rings (SSSR count). The highest BCUT2D eigenvalue weighted by molar-refractivity contribution is 7.09. The minimum Gasteiger partial charge on any atom is -0.330 e. The molecule has 4 heterocycles. The van der Waals surface area contributed by atoms with Crippen molar-refractivity contribution in [1.82, 2.24) is 4.90 Å². The first-order valence-electron chi connectivity index (χ1n) is 10.8. The molecule has 0 N–H and O–H groups in total. The van der Waals surface area contributed by atoms with E-state index in [-0.39, 0.29) is 0 Å². The number of hydrogen-bond donors (Lipinski definition) is 0. The zero-order valence-corrected chi connectivity index (χ0v) is 18.8. The predicted octanol–water partition coefficient (Wildman–Crippen LogP) is 2.79. The van der Waals surface area contributed by atoms with Crippen molar-refractivity contribution in [2.24, 2.45) is 11.8 Å². The van der Waals surface area contributed by atoms with E-state index in [4.69, 9.17) is 4.74 Å². The number of imide groups is 1. The van der Waals surface area contributed by atoms with Crippen molar-refractivity contribution in [3.05, 3.63) is 52.7 Å². The minimum absolute atomic E-state index is 0.387. The quantitative estimate of drug-likeness (QED) is 0.366. The molecule has 0 saturated carbocycles. The molecular formula is C24H24N2O5S. The van der Waals surface area contributed by atoms with Crippen LogP contribution in [0.5, 0.6) is 0 Å². The molecule has 0 radical (unpaired) electrons. The second-order valence-corrected chi connectivity index (χ2v) is 9.72. The third kappa shape index (κ3) is 2.62. The van der Waals surface area contributed by atoms with E-state index in [1.807, 2.05) is 11.4 Å². The van der Waals surface area contributed by atoms with Gasteiger partial charge in [-0.25, -0.2) is 4.90 Å². The number of para-hydroxylation sites is 1. The van der Waals surface area contributed by atoms with Gasteiger partial charge in [-0.2, -0.15) is 0 Å². The van der Waals surface area contributed by atoms with Crippen LogP contribution >= 0.6 is 11.3 Å². The smallest absolute Gasteiger partial charge is 0.265 e. The van der Waals surface area contributed by atoms with Crippen LogP contribution in [0.1, 0.15) is 31.1 Å². The molecule has 3 aliphatic heterocycles. The molecule has 166 valence electrons. The Morgan fingerprint density at radius 3 is 2.41 bits per heavy atom. The van der Waals surface area contributed by atoms with Gasteiger partial charge in [0, 0.05) is 11.9 Å². The van der Waals surface area contributed by atoms with Gasteiger partial charge in [0.25, 0.3) is 5.91 Å². The molecule has 3 amide bonds. The molecule has 8 heteroatoms. The number of piperidine rings is 1. The highest BCUT2D eigenvalue weighted by Gasteiger charge is 2.83. The van der Waals surface area contributed by atoms with Gasteiger partial charge in [-0.05, 0) is 56.2 Å². The number of nitrogens with zero attached hydrogens (tertiary/aromatic N) is 2. The summed E-state index contributed by atoms with van der Waals surface area (Å²) < 4.78 is 6.22. The molecular weight excluding hydrogens is 428 g/mol. The highest BCUT2D eigenvalue weighted by atomic mass is 32.1. The van der Waals surface area contributed by atoms with Crippen LogP contribution in [-0.4, -0.2) is 46.8 Å². The van der Waals surface area contributed by atoms with Crippen molar-refractivity contribution in [2.45, 2.75) is 43.9 Å². The third-order valence-electron chi connectivity index (χ3n) is 7.08. The summed E-state index contributed by atoms with van der Waals surface area (Å²) in [6.07, 6.45) is 2.82. The molecule has 0 spiro atoms. The number of unbranched alkanes of at least 4 members (excludes halogenated alkanes) is 1. The normalized spacial score (nSPS) is 31.0. The third-order valence-corrected chi connectivity index (χ3v) is 8.02. The van der Waals surface area contributed by atoms with Crippen LogP contribution in [0.3, 0.4) is 0 Å². The van der Waals surface area contributed by atoms with E-state index in [1.165, 1.54) is 16.7 Å². The number of Topliss-reactive ketones (excluding diaryl/α,β-unsaturated/α-hetero) is 1. The topological polar surface area (TPSA) is 84.0 Å². The lowest BCUT2D eigenvalue weighted by Gasteiger charge is -2.38. The number of ketones is 1. The van der Waals surface area contributed by atoms with Crippen molar-refractivity contribution in [3.63, 3.8) is 0 Å². The molecule has 3 aliphatic rings. The second kappa shape index (κ2) is 7.35. The monoisotopic (exact) mass is 452 g/mol. The Morgan fingerprint density at radius 1 is 1.03 bits per heavy atom. The standard InChI is InChI=1S/C24H24N2O5S/c1-15(27)24-19-18(20(28)26(21(19)29)16-9-4-3-5-10-16)23(31-24,25(2)22(24)30)13-7-6-11-17-12-8-14-32-17/h3-5,8-10,12,14,18-19H,6-7,11,13H2,1-2H3. The van der Waals surface area contributed by atoms with E-state index >= 15 is 0 Å². The first-order valence-corrected chi connectivity index (χ1v) is 11.7. The van der Waals surface area contributed by atoms with Crippen molar-refractivity contribution in [2.75, 3.05) is 11.9 Å². The van der Waals surface area contributed by atoms with Crippen LogP contribution in [0.2, 0.25) is 0 Å². The molecule has 1 aromatic carbocycles. The number of carbonyl (C=O) groups is 4. The Labute approximate surface area is 189 Å². The number of amides is 3. The Bertz CT molecular complexity index is 1100. The maximum absolute atomic E-state index is 13.6. The Hall–Kier alpha value is -2.84. The Morgan fingerprint density at radius 2 is 1.75 bits per heavy atom. The van der Waals surface area contributed by atoms with E-state index in [2.05, 4.69) is 6.07 Å². The maximum atomic E-state index is 13.6. The summed E-state index contributed by atoms with van der Waals surface area (Å²) in [5, 5.41) is 2.03. The number of anilines is 1. The molecule has 3 fully saturated rings. The summed E-state index contributed by atoms with van der Waals surface area (Å²) in [5.74, 6) is -4.04. The van der Waals surface area contributed by atoms with Crippen molar-refractivity contribution in [3.8, 4) is 0 Å². The molecule has 7 nitrogen and oxygen atoms in total. The summed E-state index contributed by atoms with van der Waals surface area (Å²) in [6, 6.07) is 12.7. The number of thiophene rings is 1. The van der Waals surface area contributed by atoms with E-state index in [9.17, 15) is 19.2 Å². The molecule has 3 saturated heterocycles. The first-order chi connectivity index (χ1) is 15.3. The van der Waals surface area contributed by atoms with Gasteiger partial charge in [0.1, 0.15) is 11.8 Å². The number of benzene rings is 1. The minimum atomic E-state index is -1.93. The number of carbonyl (C=O) groups excluding carboxylic acids is 4. The summed E-state index contributed by atoms with van der Waals surface area (Å²) in [4.78, 5) is 57.0. The van der Waals surface area contributed by atoms with Gasteiger partial charge in [0.15, 0.2) is 11.5 Å². The molecule has 0 aliphatic carbocycles. The second-order valence-electron chi connectivity index (χ2n) is 8.69. The van der Waals surface area contributed by atoms with Gasteiger partial charge in [-0.1, -0.05) is 24.3 Å². The fourth-order valence-corrected chi connectivity index (χ4v) is 6.35. The number of fused-ring (bicyclic) bond motifs is 5. The van der Waals surface area contributed by atoms with Crippen LogP contribution in [0, 0.1) is 11.8 Å². The average molecular weight is 453 g/mol. The first kappa shape index (κ1) is 21.0. The number of hydrogen-bond acceptors (Lipinski definition) is 6. The summed E-state index contributed by atoms with van der Waals surface area (Å²) in [5.41, 5.74) is -2.78. The average Bonchev–Trinajstić information content (AvgIpc) is 3.51. The van der Waals surface area contributed by atoms with Gasteiger partial charge in [-0.15, -0.1) is 11.3 Å². The number of ether oxygens (including phenoxy) is 1. The predicted molar refractivity (Wildman–Crippen MR) is 118 cm³/mol. The molecule has 1 aromatic heterocycles. The lowest BCUT2D eigenvalue weighted by atomic mass is 9.71. The summed E-state index contributed by atoms with van der Waals surface area (Å²) >= 11 is 1.69. The number of likely N-dealkylation sites (N-methyl/N-ethyl adjacent to an activating group) is 1. The molecule has 4 atom stereocenters. The van der Waals surface area contributed by atoms with Crippen molar-refractivity contribution < 1.29 is 23.9 Å². The van der Waals surface area contributed by atoms with Gasteiger partial charge in [0.05, 0.1) is 5.69 Å². The lowest BCUT2D eigenvalue weighted by Crippen LogP contribution is -2.60. The van der Waals surface area contributed by atoms with E-state index in [1.54, 1.807) is 48.7 Å². The number of likely N-dealkylation sites (tertiary alicyclic amines) is 1. The zero-order valence-electron chi connectivity index (χ0n) is 17.9. The highest BCUT2D eigenvalue weighted by Crippen LogP contribution is 2.61. The van der Waals surface area contributed by atoms with Crippen LogP contribution in [-0.2, 0) is 30.3 Å². The zero-order chi connectivity index (χ0) is 22.7. The van der Waals surface area contributed by atoms with Gasteiger partial charge >= 0.3 is 0 Å². The van der Waals surface area contributed by atoms with Crippen molar-refractivity contribution >= 4 is 40.5 Å². The molecule has 4 unspecified atom stereocenters. The van der Waals surface area contributed by atoms with E-state index < -0.39 is 46.7 Å². The van der Waals surface area contributed by atoms with Crippen LogP contribution in [0.4, 0.5) is 5.69 Å². The molecule has 2 bridgehead atoms. The Balaban J connectivity index is 1.50. The molecule has 32 heavy (non-hydrogen) atoms. The van der Waals surface area contributed by atoms with Crippen LogP contribution < -0.4 is 4.90 Å². The van der Waals surface area contributed by atoms with Crippen LogP contribution in [0.25, 0.3) is 0 Å². The van der Waals surface area contributed by atoms with Gasteiger partial charge in [0.2, 0.25) is 17.4 Å². The van der Waals surface area contributed by atoms with E-state index in [0.717, 1.165) is 17.7 Å². The largest absolute Gasteiger partial charge is 0.330 e. The fraction of sp³-hybridized carbons (Fsp3) is 0.417. The number of rotatable bonds is 7. The van der Waals surface area contributed by atoms with Crippen molar-refractivity contribution in [1.29, 1.82) is 0 Å². The lowest BCUT2D eigenvalue weighted by molar-refractivity contribution is -0.155. The van der Waals surface area contributed by atoms with Gasteiger partial charge < -0.3 is 9.64 Å². The SMILES string of the molecule is CC(=O)C12OC(CCCCc3cccs3)(C3C(=O)N(c4ccccc4)C(=O)C31)N(C)C2=O. The number of aryl methyl sites for hydroxylation is 1. The summed E-state index contributed by atoms with van der Waals surface area (Å²) in [7, 11) is 1.57. The fourth-order valence-electron chi connectivity index (χ4n) is 5.59.